The SMILES string of the molecule is CCCCCCC(C)NC(=O)C(C)(C)Br. The predicted molar refractivity (Wildman–Crippen MR) is 69.4 cm³/mol. The summed E-state index contributed by atoms with van der Waals surface area (Å²) in [5, 5.41) is 3.01. The minimum absolute atomic E-state index is 0.0745. The number of carbonyl (C=O) groups is 1. The van der Waals surface area contributed by atoms with Gasteiger partial charge in [-0.3, -0.25) is 4.79 Å². The topological polar surface area (TPSA) is 29.1 Å². The molecule has 0 fully saturated rings. The first-order valence-electron chi connectivity index (χ1n) is 5.87. The molecule has 0 saturated heterocycles. The van der Waals surface area contributed by atoms with E-state index in [1.165, 1.54) is 25.7 Å². The minimum Gasteiger partial charge on any atom is -0.352 e. The van der Waals surface area contributed by atoms with E-state index in [9.17, 15) is 4.79 Å². The van der Waals surface area contributed by atoms with Crippen LogP contribution >= 0.6 is 15.9 Å². The molecule has 90 valence electrons. The van der Waals surface area contributed by atoms with E-state index in [2.05, 4.69) is 35.1 Å². The lowest BCUT2D eigenvalue weighted by Crippen LogP contribution is -2.42. The van der Waals surface area contributed by atoms with Crippen molar-refractivity contribution in [1.29, 1.82) is 0 Å². The standard InChI is InChI=1S/C12H24BrNO/c1-5-6-7-8-9-10(2)14-11(15)12(3,4)13/h10H,5-9H2,1-4H3,(H,14,15). The first-order valence-corrected chi connectivity index (χ1v) is 6.67. The summed E-state index contributed by atoms with van der Waals surface area (Å²) in [7, 11) is 0. The van der Waals surface area contributed by atoms with Crippen LogP contribution in [0.25, 0.3) is 0 Å². The summed E-state index contributed by atoms with van der Waals surface area (Å²) in [5.41, 5.74) is 0. The predicted octanol–water partition coefficient (Wildman–Crippen LogP) is 3.64. The quantitative estimate of drug-likeness (QED) is 0.559. The van der Waals surface area contributed by atoms with Gasteiger partial charge in [0.2, 0.25) is 5.91 Å². The largest absolute Gasteiger partial charge is 0.352 e. The van der Waals surface area contributed by atoms with Crippen LogP contribution in [0.1, 0.15) is 59.8 Å². The van der Waals surface area contributed by atoms with E-state index < -0.39 is 4.32 Å². The highest BCUT2D eigenvalue weighted by Crippen LogP contribution is 2.16. The number of halogens is 1. The summed E-state index contributed by atoms with van der Waals surface area (Å²) in [5.74, 6) is 0.0745. The molecule has 0 aliphatic rings. The first-order chi connectivity index (χ1) is 6.88. The van der Waals surface area contributed by atoms with Crippen LogP contribution in [-0.2, 0) is 4.79 Å². The molecule has 0 spiro atoms. The second kappa shape index (κ2) is 7.26. The monoisotopic (exact) mass is 277 g/mol. The maximum absolute atomic E-state index is 11.6. The zero-order valence-electron chi connectivity index (χ0n) is 10.4. The zero-order valence-corrected chi connectivity index (χ0v) is 12.0. The van der Waals surface area contributed by atoms with Crippen LogP contribution < -0.4 is 5.32 Å². The number of amides is 1. The zero-order chi connectivity index (χ0) is 11.9. The van der Waals surface area contributed by atoms with Crippen LogP contribution in [0.3, 0.4) is 0 Å². The molecule has 0 bridgehead atoms. The van der Waals surface area contributed by atoms with Gasteiger partial charge in [-0.1, -0.05) is 48.5 Å². The number of rotatable bonds is 7. The summed E-state index contributed by atoms with van der Waals surface area (Å²) < 4.78 is -0.454. The van der Waals surface area contributed by atoms with Gasteiger partial charge in [-0.25, -0.2) is 0 Å². The third-order valence-electron chi connectivity index (χ3n) is 2.41. The van der Waals surface area contributed by atoms with Gasteiger partial charge >= 0.3 is 0 Å². The maximum atomic E-state index is 11.6. The molecule has 0 aromatic heterocycles. The number of nitrogens with one attached hydrogen (secondary N) is 1. The Morgan fingerprint density at radius 1 is 1.33 bits per heavy atom. The molecule has 0 aliphatic heterocycles. The van der Waals surface area contributed by atoms with Gasteiger partial charge in [-0.15, -0.1) is 0 Å². The van der Waals surface area contributed by atoms with Gasteiger partial charge in [0.25, 0.3) is 0 Å². The average Bonchev–Trinajstić information content (AvgIpc) is 2.11. The number of hydrogen-bond acceptors (Lipinski definition) is 1. The highest BCUT2D eigenvalue weighted by Gasteiger charge is 2.24. The molecular formula is C12H24BrNO. The second-order valence-corrected chi connectivity index (χ2v) is 6.68. The molecule has 0 heterocycles. The fourth-order valence-electron chi connectivity index (χ4n) is 1.34. The Balaban J connectivity index is 3.65. The molecule has 2 nitrogen and oxygen atoms in total. The first kappa shape index (κ1) is 14.9. The van der Waals surface area contributed by atoms with Crippen LogP contribution in [0.5, 0.6) is 0 Å². The number of carbonyl (C=O) groups excluding carboxylic acids is 1. The Morgan fingerprint density at radius 3 is 2.40 bits per heavy atom. The van der Waals surface area contributed by atoms with Crippen LogP contribution in [0.15, 0.2) is 0 Å². The Bertz CT molecular complexity index is 187. The van der Waals surface area contributed by atoms with Gasteiger partial charge in [0.05, 0.1) is 4.32 Å². The molecule has 15 heavy (non-hydrogen) atoms. The molecule has 0 aliphatic carbocycles. The van der Waals surface area contributed by atoms with Crippen molar-refractivity contribution in [1.82, 2.24) is 5.32 Å². The number of hydrogen-bond donors (Lipinski definition) is 1. The molecule has 1 N–H and O–H groups in total. The van der Waals surface area contributed by atoms with Crippen molar-refractivity contribution in [3.05, 3.63) is 0 Å². The Hall–Kier alpha value is -0.0500. The summed E-state index contributed by atoms with van der Waals surface area (Å²) in [6, 6.07) is 0.284. The average molecular weight is 278 g/mol. The molecular weight excluding hydrogens is 254 g/mol. The molecule has 0 saturated carbocycles. The fourth-order valence-corrected chi connectivity index (χ4v) is 1.46. The van der Waals surface area contributed by atoms with E-state index in [1.54, 1.807) is 0 Å². The van der Waals surface area contributed by atoms with Gasteiger partial charge in [-0.05, 0) is 27.2 Å². The fraction of sp³-hybridized carbons (Fsp3) is 0.917. The maximum Gasteiger partial charge on any atom is 0.236 e. The van der Waals surface area contributed by atoms with Gasteiger partial charge in [-0.2, -0.15) is 0 Å². The van der Waals surface area contributed by atoms with Gasteiger partial charge < -0.3 is 5.32 Å². The van der Waals surface area contributed by atoms with E-state index in [0.29, 0.717) is 0 Å². The second-order valence-electron chi connectivity index (χ2n) is 4.70. The third-order valence-corrected chi connectivity index (χ3v) is 2.77. The Labute approximate surface area is 102 Å². The van der Waals surface area contributed by atoms with E-state index >= 15 is 0 Å². The highest BCUT2D eigenvalue weighted by atomic mass is 79.9. The van der Waals surface area contributed by atoms with Crippen molar-refractivity contribution in [2.45, 2.75) is 70.2 Å². The van der Waals surface area contributed by atoms with Crippen LogP contribution in [0, 0.1) is 0 Å². The Morgan fingerprint density at radius 2 is 1.93 bits per heavy atom. The van der Waals surface area contributed by atoms with Crippen molar-refractivity contribution >= 4 is 21.8 Å². The van der Waals surface area contributed by atoms with Crippen LogP contribution in [-0.4, -0.2) is 16.3 Å². The molecule has 1 atom stereocenters. The van der Waals surface area contributed by atoms with Gasteiger partial charge in [0.15, 0.2) is 0 Å². The Kier molecular flexibility index (Phi) is 7.24. The van der Waals surface area contributed by atoms with Crippen molar-refractivity contribution in [3.63, 3.8) is 0 Å². The van der Waals surface area contributed by atoms with Crippen molar-refractivity contribution in [2.24, 2.45) is 0 Å². The van der Waals surface area contributed by atoms with Crippen molar-refractivity contribution < 1.29 is 4.79 Å². The summed E-state index contributed by atoms with van der Waals surface area (Å²) in [6.45, 7) is 8.01. The van der Waals surface area contributed by atoms with Gasteiger partial charge in [0, 0.05) is 6.04 Å². The molecule has 0 rings (SSSR count). The summed E-state index contributed by atoms with van der Waals surface area (Å²) in [4.78, 5) is 11.6. The number of unbranched alkanes of at least 4 members (excludes halogenated alkanes) is 3. The molecule has 3 heteroatoms. The summed E-state index contributed by atoms with van der Waals surface area (Å²) >= 11 is 3.35. The van der Waals surface area contributed by atoms with E-state index in [1.807, 2.05) is 13.8 Å². The van der Waals surface area contributed by atoms with Crippen LogP contribution in [0.2, 0.25) is 0 Å². The van der Waals surface area contributed by atoms with Crippen molar-refractivity contribution in [2.75, 3.05) is 0 Å². The molecule has 0 radical (unpaired) electrons. The lowest BCUT2D eigenvalue weighted by Gasteiger charge is -2.20. The molecule has 1 amide bonds. The lowest BCUT2D eigenvalue weighted by molar-refractivity contribution is -0.123. The number of alkyl halides is 1. The van der Waals surface area contributed by atoms with Gasteiger partial charge in [0.1, 0.15) is 0 Å². The normalized spacial score (nSPS) is 13.7. The lowest BCUT2D eigenvalue weighted by atomic mass is 10.1. The molecule has 1 unspecified atom stereocenters. The highest BCUT2D eigenvalue weighted by molar-refractivity contribution is 9.10. The smallest absolute Gasteiger partial charge is 0.236 e. The minimum atomic E-state index is -0.454. The molecule has 0 aromatic rings. The van der Waals surface area contributed by atoms with E-state index in [0.717, 1.165) is 6.42 Å². The van der Waals surface area contributed by atoms with E-state index in [-0.39, 0.29) is 11.9 Å². The van der Waals surface area contributed by atoms with Crippen LogP contribution in [0.4, 0.5) is 0 Å². The summed E-state index contributed by atoms with van der Waals surface area (Å²) in [6.07, 6.45) is 6.11. The molecule has 0 aromatic carbocycles. The third kappa shape index (κ3) is 7.83. The van der Waals surface area contributed by atoms with E-state index in [4.69, 9.17) is 0 Å². The van der Waals surface area contributed by atoms with Crippen molar-refractivity contribution in [3.8, 4) is 0 Å².